The van der Waals surface area contributed by atoms with Gasteiger partial charge in [-0.25, -0.2) is 4.79 Å². The van der Waals surface area contributed by atoms with E-state index in [1.54, 1.807) is 24.3 Å². The van der Waals surface area contributed by atoms with E-state index >= 15 is 0 Å². The number of benzene rings is 2. The lowest BCUT2D eigenvalue weighted by Crippen LogP contribution is -2.30. The van der Waals surface area contributed by atoms with Gasteiger partial charge >= 0.3 is 5.97 Å². The molecular formula is C22H23NO4. The summed E-state index contributed by atoms with van der Waals surface area (Å²) in [4.78, 5) is 23.7. The molecule has 2 aromatic rings. The molecule has 0 aromatic heterocycles. The Kier molecular flexibility index (Phi) is 7.85. The van der Waals surface area contributed by atoms with Crippen molar-refractivity contribution in [3.8, 4) is 5.75 Å². The van der Waals surface area contributed by atoms with Gasteiger partial charge in [-0.05, 0) is 36.3 Å². The van der Waals surface area contributed by atoms with Crippen LogP contribution in [-0.4, -0.2) is 25.1 Å². The fourth-order valence-corrected chi connectivity index (χ4v) is 2.29. The van der Waals surface area contributed by atoms with Crippen LogP contribution in [0.4, 0.5) is 0 Å². The lowest BCUT2D eigenvalue weighted by Gasteiger charge is -2.13. The van der Waals surface area contributed by atoms with Crippen LogP contribution in [0.3, 0.4) is 0 Å². The summed E-state index contributed by atoms with van der Waals surface area (Å²) in [7, 11) is 0. The van der Waals surface area contributed by atoms with Gasteiger partial charge in [0.2, 0.25) is 0 Å². The Morgan fingerprint density at radius 3 is 2.48 bits per heavy atom. The highest BCUT2D eigenvalue weighted by Crippen LogP contribution is 2.13. The largest absolute Gasteiger partial charge is 0.490 e. The Labute approximate surface area is 159 Å². The summed E-state index contributed by atoms with van der Waals surface area (Å²) in [6, 6.07) is 16.6. The Morgan fingerprint density at radius 1 is 1.11 bits per heavy atom. The minimum absolute atomic E-state index is 0.158. The SMILES string of the molecule is C=CCOc1ccc(/C=C/C(=O)OCC(=O)N[C@@H](C)c2ccccc2)cc1. The molecule has 0 bridgehead atoms. The Hall–Kier alpha value is -3.34. The summed E-state index contributed by atoms with van der Waals surface area (Å²) >= 11 is 0. The molecule has 1 atom stereocenters. The number of esters is 1. The van der Waals surface area contributed by atoms with E-state index in [2.05, 4.69) is 11.9 Å². The van der Waals surface area contributed by atoms with Crippen LogP contribution < -0.4 is 10.1 Å². The monoisotopic (exact) mass is 365 g/mol. The first kappa shape index (κ1) is 20.0. The van der Waals surface area contributed by atoms with Gasteiger partial charge in [0.25, 0.3) is 5.91 Å². The lowest BCUT2D eigenvalue weighted by atomic mass is 10.1. The molecule has 1 amide bonds. The molecule has 0 radical (unpaired) electrons. The van der Waals surface area contributed by atoms with Crippen molar-refractivity contribution in [3.63, 3.8) is 0 Å². The van der Waals surface area contributed by atoms with E-state index in [9.17, 15) is 9.59 Å². The van der Waals surface area contributed by atoms with Crippen LogP contribution in [0.2, 0.25) is 0 Å². The van der Waals surface area contributed by atoms with Gasteiger partial charge in [0.1, 0.15) is 12.4 Å². The van der Waals surface area contributed by atoms with Crippen LogP contribution in [0, 0.1) is 0 Å². The molecule has 0 aliphatic rings. The molecule has 140 valence electrons. The normalized spacial score (nSPS) is 11.6. The summed E-state index contributed by atoms with van der Waals surface area (Å²) < 4.78 is 10.4. The van der Waals surface area contributed by atoms with Crippen LogP contribution in [0.15, 0.2) is 73.3 Å². The van der Waals surface area contributed by atoms with Gasteiger partial charge < -0.3 is 14.8 Å². The first-order chi connectivity index (χ1) is 13.1. The Morgan fingerprint density at radius 2 is 1.81 bits per heavy atom. The quantitative estimate of drug-likeness (QED) is 0.418. The fraction of sp³-hybridized carbons (Fsp3) is 0.182. The second-order valence-corrected chi connectivity index (χ2v) is 5.81. The van der Waals surface area contributed by atoms with E-state index in [0.717, 1.165) is 16.9 Å². The maximum atomic E-state index is 11.9. The number of amides is 1. The van der Waals surface area contributed by atoms with E-state index < -0.39 is 5.97 Å². The van der Waals surface area contributed by atoms with Crippen molar-refractivity contribution >= 4 is 18.0 Å². The molecule has 2 rings (SSSR count). The average molecular weight is 365 g/mol. The van der Waals surface area contributed by atoms with E-state index in [4.69, 9.17) is 9.47 Å². The van der Waals surface area contributed by atoms with Crippen molar-refractivity contribution in [1.82, 2.24) is 5.32 Å². The molecule has 0 unspecified atom stereocenters. The van der Waals surface area contributed by atoms with Gasteiger partial charge in [-0.1, -0.05) is 55.1 Å². The third-order valence-corrected chi connectivity index (χ3v) is 3.68. The van der Waals surface area contributed by atoms with Gasteiger partial charge in [-0.3, -0.25) is 4.79 Å². The van der Waals surface area contributed by atoms with Gasteiger partial charge in [0.15, 0.2) is 6.61 Å². The Bertz CT molecular complexity index is 782. The predicted octanol–water partition coefficient (Wildman–Crippen LogP) is 3.69. The highest BCUT2D eigenvalue weighted by Gasteiger charge is 2.10. The first-order valence-electron chi connectivity index (χ1n) is 8.61. The summed E-state index contributed by atoms with van der Waals surface area (Å²) in [6.07, 6.45) is 4.57. The maximum absolute atomic E-state index is 11.9. The third-order valence-electron chi connectivity index (χ3n) is 3.68. The van der Waals surface area contributed by atoms with E-state index in [0.29, 0.717) is 6.61 Å². The predicted molar refractivity (Wildman–Crippen MR) is 105 cm³/mol. The molecule has 2 aromatic carbocycles. The second-order valence-electron chi connectivity index (χ2n) is 5.81. The highest BCUT2D eigenvalue weighted by atomic mass is 16.5. The molecule has 0 heterocycles. The first-order valence-corrected chi connectivity index (χ1v) is 8.61. The van der Waals surface area contributed by atoms with Gasteiger partial charge in [-0.15, -0.1) is 0 Å². The van der Waals surface area contributed by atoms with Crippen molar-refractivity contribution in [1.29, 1.82) is 0 Å². The fourth-order valence-electron chi connectivity index (χ4n) is 2.29. The van der Waals surface area contributed by atoms with Crippen LogP contribution >= 0.6 is 0 Å². The molecule has 0 aliphatic heterocycles. The van der Waals surface area contributed by atoms with Crippen LogP contribution in [0.5, 0.6) is 5.75 Å². The average Bonchev–Trinajstić information content (AvgIpc) is 2.70. The molecule has 5 heteroatoms. The zero-order chi connectivity index (χ0) is 19.5. The number of hydrogen-bond acceptors (Lipinski definition) is 4. The minimum Gasteiger partial charge on any atom is -0.490 e. The van der Waals surface area contributed by atoms with Gasteiger partial charge in [0.05, 0.1) is 6.04 Å². The highest BCUT2D eigenvalue weighted by molar-refractivity contribution is 5.89. The molecule has 0 saturated heterocycles. The number of ether oxygens (including phenoxy) is 2. The van der Waals surface area contributed by atoms with Crippen molar-refractivity contribution in [2.75, 3.05) is 13.2 Å². The number of carbonyl (C=O) groups is 2. The smallest absolute Gasteiger partial charge is 0.331 e. The number of hydrogen-bond donors (Lipinski definition) is 1. The summed E-state index contributed by atoms with van der Waals surface area (Å²) in [6.45, 7) is 5.57. The zero-order valence-electron chi connectivity index (χ0n) is 15.3. The number of rotatable bonds is 9. The van der Waals surface area contributed by atoms with Crippen molar-refractivity contribution in [2.45, 2.75) is 13.0 Å². The lowest BCUT2D eigenvalue weighted by molar-refractivity contribution is -0.144. The minimum atomic E-state index is -0.579. The molecule has 0 fully saturated rings. The number of carbonyl (C=O) groups excluding carboxylic acids is 2. The number of nitrogens with one attached hydrogen (secondary N) is 1. The molecule has 0 aliphatic carbocycles. The molecule has 0 saturated carbocycles. The van der Waals surface area contributed by atoms with Crippen molar-refractivity contribution < 1.29 is 19.1 Å². The summed E-state index contributed by atoms with van der Waals surface area (Å²) in [5, 5.41) is 2.79. The molecule has 5 nitrogen and oxygen atoms in total. The van der Waals surface area contributed by atoms with Crippen LogP contribution in [0.1, 0.15) is 24.1 Å². The topological polar surface area (TPSA) is 64.6 Å². The van der Waals surface area contributed by atoms with E-state index in [1.165, 1.54) is 6.08 Å². The van der Waals surface area contributed by atoms with E-state index in [1.807, 2.05) is 49.4 Å². The molecular weight excluding hydrogens is 342 g/mol. The maximum Gasteiger partial charge on any atom is 0.331 e. The van der Waals surface area contributed by atoms with Crippen LogP contribution in [-0.2, 0) is 14.3 Å². The summed E-state index contributed by atoms with van der Waals surface area (Å²) in [5.41, 5.74) is 1.80. The van der Waals surface area contributed by atoms with Crippen molar-refractivity contribution in [3.05, 3.63) is 84.5 Å². The van der Waals surface area contributed by atoms with Crippen LogP contribution in [0.25, 0.3) is 6.08 Å². The zero-order valence-corrected chi connectivity index (χ0v) is 15.3. The Balaban J connectivity index is 1.75. The standard InChI is InChI=1S/C22H23NO4/c1-3-15-26-20-12-9-18(10-13-20)11-14-22(25)27-16-21(24)23-17(2)19-7-5-4-6-8-19/h3-14,17H,1,15-16H2,2H3,(H,23,24)/b14-11+/t17-/m0/s1. The van der Waals surface area contributed by atoms with Gasteiger partial charge in [0, 0.05) is 6.08 Å². The molecule has 1 N–H and O–H groups in total. The van der Waals surface area contributed by atoms with E-state index in [-0.39, 0.29) is 18.6 Å². The second kappa shape index (κ2) is 10.6. The summed E-state index contributed by atoms with van der Waals surface area (Å²) in [5.74, 6) is -0.208. The third kappa shape index (κ3) is 7.20. The molecule has 0 spiro atoms. The molecule has 27 heavy (non-hydrogen) atoms. The van der Waals surface area contributed by atoms with Gasteiger partial charge in [-0.2, -0.15) is 0 Å². The van der Waals surface area contributed by atoms with Crippen molar-refractivity contribution in [2.24, 2.45) is 0 Å².